The molecule has 0 unspecified atom stereocenters. The van der Waals surface area contributed by atoms with Gasteiger partial charge in [-0.25, -0.2) is 0 Å². The van der Waals surface area contributed by atoms with E-state index in [1.165, 1.54) is 6.42 Å². The van der Waals surface area contributed by atoms with Gasteiger partial charge in [-0.05, 0) is 12.3 Å². The predicted octanol–water partition coefficient (Wildman–Crippen LogP) is 1.75. The van der Waals surface area contributed by atoms with E-state index in [0.29, 0.717) is 0 Å². The van der Waals surface area contributed by atoms with Crippen molar-refractivity contribution in [2.24, 2.45) is 5.92 Å². The molecular formula is C8H14O. The van der Waals surface area contributed by atoms with Crippen molar-refractivity contribution in [3.05, 3.63) is 24.3 Å². The molecule has 1 rings (SSSR count). The topological polar surface area (TPSA) is 20.2 Å². The summed E-state index contributed by atoms with van der Waals surface area (Å²) in [7, 11) is 1.00. The molecule has 0 radical (unpaired) electrons. The van der Waals surface area contributed by atoms with Gasteiger partial charge in [-0.15, -0.1) is 0 Å². The molecule has 1 aliphatic carbocycles. The molecule has 1 aliphatic rings. The Morgan fingerprint density at radius 3 is 1.89 bits per heavy atom. The lowest BCUT2D eigenvalue weighted by molar-refractivity contribution is 0.399. The molecular weight excluding hydrogens is 112 g/mol. The second kappa shape index (κ2) is 5.57. The molecule has 0 saturated carbocycles. The Bertz CT molecular complexity index is 91.1. The second-order valence-electron chi connectivity index (χ2n) is 1.84. The lowest BCUT2D eigenvalue weighted by atomic mass is 10.1. The van der Waals surface area contributed by atoms with Crippen LogP contribution in [0.4, 0.5) is 0 Å². The number of hydrogen-bond acceptors (Lipinski definition) is 1. The third-order valence-corrected chi connectivity index (χ3v) is 1.30. The van der Waals surface area contributed by atoms with Gasteiger partial charge in [0.05, 0.1) is 0 Å². The molecule has 0 spiro atoms. The van der Waals surface area contributed by atoms with Crippen LogP contribution in [0.3, 0.4) is 0 Å². The predicted molar refractivity (Wildman–Crippen MR) is 40.2 cm³/mol. The third-order valence-electron chi connectivity index (χ3n) is 1.30. The van der Waals surface area contributed by atoms with Crippen LogP contribution in [0.25, 0.3) is 0 Å². The normalized spacial score (nSPS) is 15.4. The van der Waals surface area contributed by atoms with Crippen LogP contribution in [0.2, 0.25) is 0 Å². The SMILES string of the molecule is CCC1C=CC=C1.CO. The largest absolute Gasteiger partial charge is 0.400 e. The minimum absolute atomic E-state index is 0.736. The number of hydrogen-bond donors (Lipinski definition) is 1. The molecule has 0 saturated heterocycles. The zero-order valence-electron chi connectivity index (χ0n) is 6.04. The lowest BCUT2D eigenvalue weighted by Gasteiger charge is -1.93. The van der Waals surface area contributed by atoms with Gasteiger partial charge in [0.15, 0.2) is 0 Å². The van der Waals surface area contributed by atoms with E-state index < -0.39 is 0 Å². The van der Waals surface area contributed by atoms with Crippen LogP contribution in [0.5, 0.6) is 0 Å². The summed E-state index contributed by atoms with van der Waals surface area (Å²) < 4.78 is 0. The first-order valence-electron chi connectivity index (χ1n) is 3.23. The Morgan fingerprint density at radius 1 is 1.22 bits per heavy atom. The fourth-order valence-corrected chi connectivity index (χ4v) is 0.750. The highest BCUT2D eigenvalue weighted by Crippen LogP contribution is 2.10. The summed E-state index contributed by atoms with van der Waals surface area (Å²) in [5.74, 6) is 0.736. The molecule has 0 fully saturated rings. The first-order chi connectivity index (χ1) is 4.43. The smallest absolute Gasteiger partial charge is 0.0319 e. The summed E-state index contributed by atoms with van der Waals surface area (Å²) in [6.07, 6.45) is 9.90. The maximum Gasteiger partial charge on any atom is 0.0319 e. The highest BCUT2D eigenvalue weighted by Gasteiger charge is 1.96. The maximum atomic E-state index is 7.00. The molecule has 1 heteroatoms. The minimum Gasteiger partial charge on any atom is -0.400 e. The summed E-state index contributed by atoms with van der Waals surface area (Å²) in [6, 6.07) is 0. The average molecular weight is 126 g/mol. The Kier molecular flexibility index (Phi) is 5.23. The Balaban J connectivity index is 0.000000291. The van der Waals surface area contributed by atoms with E-state index in [9.17, 15) is 0 Å². The molecule has 9 heavy (non-hydrogen) atoms. The van der Waals surface area contributed by atoms with E-state index in [0.717, 1.165) is 13.0 Å². The van der Waals surface area contributed by atoms with Crippen LogP contribution in [0, 0.1) is 5.92 Å². The van der Waals surface area contributed by atoms with Crippen molar-refractivity contribution in [1.29, 1.82) is 0 Å². The van der Waals surface area contributed by atoms with Gasteiger partial charge in [-0.2, -0.15) is 0 Å². The van der Waals surface area contributed by atoms with Crippen molar-refractivity contribution in [3.8, 4) is 0 Å². The molecule has 0 bridgehead atoms. The Hall–Kier alpha value is -0.560. The van der Waals surface area contributed by atoms with E-state index >= 15 is 0 Å². The molecule has 0 aromatic carbocycles. The van der Waals surface area contributed by atoms with Crippen molar-refractivity contribution in [2.75, 3.05) is 7.11 Å². The van der Waals surface area contributed by atoms with Crippen molar-refractivity contribution in [3.63, 3.8) is 0 Å². The summed E-state index contributed by atoms with van der Waals surface area (Å²) in [5.41, 5.74) is 0. The Labute approximate surface area is 56.7 Å². The molecule has 0 aromatic rings. The summed E-state index contributed by atoms with van der Waals surface area (Å²) in [5, 5.41) is 7.00. The zero-order valence-corrected chi connectivity index (χ0v) is 6.04. The quantitative estimate of drug-likeness (QED) is 0.567. The van der Waals surface area contributed by atoms with Crippen LogP contribution < -0.4 is 0 Å². The highest BCUT2D eigenvalue weighted by atomic mass is 16.2. The monoisotopic (exact) mass is 126 g/mol. The van der Waals surface area contributed by atoms with Gasteiger partial charge in [-0.3, -0.25) is 0 Å². The number of allylic oxidation sites excluding steroid dienone is 4. The molecule has 0 atom stereocenters. The van der Waals surface area contributed by atoms with E-state index in [1.807, 2.05) is 0 Å². The fraction of sp³-hybridized carbons (Fsp3) is 0.500. The van der Waals surface area contributed by atoms with Crippen LogP contribution in [0.15, 0.2) is 24.3 Å². The van der Waals surface area contributed by atoms with Gasteiger partial charge in [0, 0.05) is 7.11 Å². The minimum atomic E-state index is 0.736. The molecule has 0 aliphatic heterocycles. The molecule has 0 amide bonds. The van der Waals surface area contributed by atoms with Gasteiger partial charge in [0.1, 0.15) is 0 Å². The zero-order chi connectivity index (χ0) is 7.11. The van der Waals surface area contributed by atoms with Crippen LogP contribution in [0.1, 0.15) is 13.3 Å². The van der Waals surface area contributed by atoms with Crippen molar-refractivity contribution in [1.82, 2.24) is 0 Å². The molecule has 0 aromatic heterocycles. The number of rotatable bonds is 1. The van der Waals surface area contributed by atoms with Crippen molar-refractivity contribution >= 4 is 0 Å². The summed E-state index contributed by atoms with van der Waals surface area (Å²) in [6.45, 7) is 2.20. The Morgan fingerprint density at radius 2 is 1.67 bits per heavy atom. The van der Waals surface area contributed by atoms with Gasteiger partial charge in [0.2, 0.25) is 0 Å². The van der Waals surface area contributed by atoms with Gasteiger partial charge in [-0.1, -0.05) is 31.2 Å². The molecule has 1 N–H and O–H groups in total. The van der Waals surface area contributed by atoms with Gasteiger partial charge in [0.25, 0.3) is 0 Å². The van der Waals surface area contributed by atoms with Crippen LogP contribution in [-0.4, -0.2) is 12.2 Å². The highest BCUT2D eigenvalue weighted by molar-refractivity contribution is 5.16. The van der Waals surface area contributed by atoms with Crippen LogP contribution in [-0.2, 0) is 0 Å². The molecule has 0 heterocycles. The lowest BCUT2D eigenvalue weighted by Crippen LogP contribution is -1.81. The summed E-state index contributed by atoms with van der Waals surface area (Å²) in [4.78, 5) is 0. The molecule has 1 nitrogen and oxygen atoms in total. The van der Waals surface area contributed by atoms with E-state index in [2.05, 4.69) is 31.2 Å². The first-order valence-corrected chi connectivity index (χ1v) is 3.23. The van der Waals surface area contributed by atoms with E-state index in [-0.39, 0.29) is 0 Å². The third kappa shape index (κ3) is 3.09. The van der Waals surface area contributed by atoms with Gasteiger partial charge >= 0.3 is 0 Å². The van der Waals surface area contributed by atoms with Crippen molar-refractivity contribution in [2.45, 2.75) is 13.3 Å². The first kappa shape index (κ1) is 8.44. The average Bonchev–Trinajstić information content (AvgIpc) is 2.43. The molecule has 52 valence electrons. The van der Waals surface area contributed by atoms with E-state index in [1.54, 1.807) is 0 Å². The van der Waals surface area contributed by atoms with Crippen molar-refractivity contribution < 1.29 is 5.11 Å². The van der Waals surface area contributed by atoms with Gasteiger partial charge < -0.3 is 5.11 Å². The summed E-state index contributed by atoms with van der Waals surface area (Å²) >= 11 is 0. The van der Waals surface area contributed by atoms with E-state index in [4.69, 9.17) is 5.11 Å². The number of aliphatic hydroxyl groups excluding tert-OH is 1. The number of aliphatic hydroxyl groups is 1. The standard InChI is InChI=1S/C7H10.CH4O/c1-2-7-5-3-4-6-7;1-2/h3-7H,2H2,1H3;2H,1H3. The van der Waals surface area contributed by atoms with Crippen LogP contribution >= 0.6 is 0 Å². The maximum absolute atomic E-state index is 7.00. The second-order valence-corrected chi connectivity index (χ2v) is 1.84. The fourth-order valence-electron chi connectivity index (χ4n) is 0.750.